The third-order valence-corrected chi connectivity index (χ3v) is 4.52. The molecule has 23 heavy (non-hydrogen) atoms. The van der Waals surface area contributed by atoms with E-state index >= 15 is 0 Å². The maximum atomic E-state index is 12.5. The van der Waals surface area contributed by atoms with Gasteiger partial charge in [-0.1, -0.05) is 30.3 Å². The minimum atomic E-state index is 0.167. The van der Waals surface area contributed by atoms with Crippen molar-refractivity contribution in [1.82, 2.24) is 9.88 Å². The monoisotopic (exact) mass is 312 g/mol. The van der Waals surface area contributed by atoms with Crippen LogP contribution in [-0.4, -0.2) is 28.8 Å². The van der Waals surface area contributed by atoms with E-state index in [2.05, 4.69) is 22.0 Å². The first-order valence-corrected chi connectivity index (χ1v) is 8.41. The van der Waals surface area contributed by atoms with Crippen molar-refractivity contribution < 1.29 is 9.21 Å². The Kier molecular flexibility index (Phi) is 5.23. The van der Waals surface area contributed by atoms with Gasteiger partial charge in [0, 0.05) is 32.4 Å². The van der Waals surface area contributed by atoms with Gasteiger partial charge in [0.05, 0.1) is 5.69 Å². The van der Waals surface area contributed by atoms with Gasteiger partial charge in [-0.2, -0.15) is 0 Å². The van der Waals surface area contributed by atoms with Gasteiger partial charge in [0.25, 0.3) is 0 Å². The number of carbonyl (C=O) groups is 1. The topological polar surface area (TPSA) is 46.3 Å². The van der Waals surface area contributed by atoms with Gasteiger partial charge in [-0.25, -0.2) is 4.98 Å². The van der Waals surface area contributed by atoms with Gasteiger partial charge < -0.3 is 4.42 Å². The molecule has 1 atom stereocenters. The summed E-state index contributed by atoms with van der Waals surface area (Å²) in [6.07, 6.45) is 5.31. The second-order valence-electron chi connectivity index (χ2n) is 6.38. The van der Waals surface area contributed by atoms with E-state index in [4.69, 9.17) is 4.42 Å². The number of likely N-dealkylation sites (tertiary alicyclic amines) is 1. The number of ketones is 1. The molecular weight excluding hydrogens is 288 g/mol. The van der Waals surface area contributed by atoms with E-state index in [9.17, 15) is 4.79 Å². The van der Waals surface area contributed by atoms with Crippen LogP contribution in [0.5, 0.6) is 0 Å². The molecule has 1 aromatic heterocycles. The van der Waals surface area contributed by atoms with Crippen molar-refractivity contribution >= 4 is 5.78 Å². The van der Waals surface area contributed by atoms with E-state index in [-0.39, 0.29) is 5.92 Å². The van der Waals surface area contributed by atoms with Gasteiger partial charge in [-0.3, -0.25) is 9.69 Å². The lowest BCUT2D eigenvalue weighted by Crippen LogP contribution is -2.38. The van der Waals surface area contributed by atoms with Crippen LogP contribution in [-0.2, 0) is 17.8 Å². The van der Waals surface area contributed by atoms with Crippen LogP contribution in [0, 0.1) is 12.8 Å². The quantitative estimate of drug-likeness (QED) is 0.820. The van der Waals surface area contributed by atoms with Gasteiger partial charge in [0.2, 0.25) is 0 Å². The number of carbonyl (C=O) groups excluding carboxylic acids is 1. The molecule has 1 fully saturated rings. The Morgan fingerprint density at radius 1 is 1.35 bits per heavy atom. The zero-order chi connectivity index (χ0) is 16.1. The van der Waals surface area contributed by atoms with Crippen LogP contribution in [0.1, 0.15) is 36.4 Å². The lowest BCUT2D eigenvalue weighted by atomic mass is 9.90. The SMILES string of the molecule is Cc1nc(CN2CCCC(C(=O)CCc3ccccc3)C2)co1. The fraction of sp³-hybridized carbons (Fsp3) is 0.474. The highest BCUT2D eigenvalue weighted by Gasteiger charge is 2.25. The highest BCUT2D eigenvalue weighted by Crippen LogP contribution is 2.21. The van der Waals surface area contributed by atoms with Crippen molar-refractivity contribution in [2.45, 2.75) is 39.2 Å². The molecule has 0 saturated carbocycles. The molecule has 1 aliphatic heterocycles. The molecule has 1 saturated heterocycles. The van der Waals surface area contributed by atoms with Gasteiger partial charge in [0.1, 0.15) is 12.0 Å². The zero-order valence-corrected chi connectivity index (χ0v) is 13.7. The molecule has 0 radical (unpaired) electrons. The number of nitrogens with zero attached hydrogens (tertiary/aromatic N) is 2. The Bertz CT molecular complexity index is 636. The molecule has 2 heterocycles. The maximum absolute atomic E-state index is 12.5. The first kappa shape index (κ1) is 15.9. The summed E-state index contributed by atoms with van der Waals surface area (Å²) in [5, 5.41) is 0. The third-order valence-electron chi connectivity index (χ3n) is 4.52. The number of Topliss-reactive ketones (excluding diaryl/α,β-unsaturated/α-hetero) is 1. The van der Waals surface area contributed by atoms with E-state index in [0.29, 0.717) is 18.1 Å². The minimum Gasteiger partial charge on any atom is -0.449 e. The molecule has 1 aliphatic rings. The van der Waals surface area contributed by atoms with Crippen molar-refractivity contribution in [1.29, 1.82) is 0 Å². The molecule has 0 amide bonds. The van der Waals surface area contributed by atoms with Crippen molar-refractivity contribution in [3.63, 3.8) is 0 Å². The Morgan fingerprint density at radius 3 is 2.91 bits per heavy atom. The second kappa shape index (κ2) is 7.55. The highest BCUT2D eigenvalue weighted by atomic mass is 16.3. The number of oxazole rings is 1. The standard InChI is InChI=1S/C19H24N2O2/c1-15-20-18(14-23-15)13-21-11-5-8-17(12-21)19(22)10-9-16-6-3-2-4-7-16/h2-4,6-7,14,17H,5,8-13H2,1H3. The lowest BCUT2D eigenvalue weighted by molar-refractivity contribution is -0.124. The van der Waals surface area contributed by atoms with Gasteiger partial charge in [-0.15, -0.1) is 0 Å². The number of piperidine rings is 1. The summed E-state index contributed by atoms with van der Waals surface area (Å²) in [7, 11) is 0. The molecule has 2 aromatic rings. The van der Waals surface area contributed by atoms with Gasteiger partial charge >= 0.3 is 0 Å². The van der Waals surface area contributed by atoms with E-state index in [0.717, 1.165) is 44.6 Å². The molecule has 0 N–H and O–H groups in total. The van der Waals surface area contributed by atoms with Crippen LogP contribution >= 0.6 is 0 Å². The molecule has 0 aliphatic carbocycles. The summed E-state index contributed by atoms with van der Waals surface area (Å²) < 4.78 is 5.26. The average Bonchev–Trinajstić information content (AvgIpc) is 2.99. The Hall–Kier alpha value is -1.94. The van der Waals surface area contributed by atoms with Crippen LogP contribution in [0.25, 0.3) is 0 Å². The average molecular weight is 312 g/mol. The summed E-state index contributed by atoms with van der Waals surface area (Å²) in [6, 6.07) is 10.3. The van der Waals surface area contributed by atoms with E-state index in [1.807, 2.05) is 25.1 Å². The van der Waals surface area contributed by atoms with E-state index in [1.165, 1.54) is 5.56 Å². The Balaban J connectivity index is 1.50. The zero-order valence-electron chi connectivity index (χ0n) is 13.7. The number of benzene rings is 1. The van der Waals surface area contributed by atoms with Crippen LogP contribution in [0.3, 0.4) is 0 Å². The van der Waals surface area contributed by atoms with Crippen LogP contribution in [0.4, 0.5) is 0 Å². The van der Waals surface area contributed by atoms with E-state index in [1.54, 1.807) is 6.26 Å². The fourth-order valence-electron chi connectivity index (χ4n) is 3.29. The molecule has 122 valence electrons. The van der Waals surface area contributed by atoms with Gasteiger partial charge in [-0.05, 0) is 31.4 Å². The summed E-state index contributed by atoms with van der Waals surface area (Å²) in [5.74, 6) is 1.27. The molecule has 4 nitrogen and oxygen atoms in total. The summed E-state index contributed by atoms with van der Waals surface area (Å²) in [5.41, 5.74) is 2.20. The molecule has 0 bridgehead atoms. The van der Waals surface area contributed by atoms with Crippen LogP contribution < -0.4 is 0 Å². The van der Waals surface area contributed by atoms with Crippen molar-refractivity contribution in [2.24, 2.45) is 5.92 Å². The van der Waals surface area contributed by atoms with Crippen molar-refractivity contribution in [3.05, 3.63) is 53.7 Å². The predicted molar refractivity (Wildman–Crippen MR) is 89.0 cm³/mol. The predicted octanol–water partition coefficient (Wildman–Crippen LogP) is 3.40. The summed E-state index contributed by atoms with van der Waals surface area (Å²) in [6.45, 7) is 4.52. The Labute approximate surface area is 137 Å². The largest absolute Gasteiger partial charge is 0.449 e. The van der Waals surface area contributed by atoms with Gasteiger partial charge in [0.15, 0.2) is 5.89 Å². The highest BCUT2D eigenvalue weighted by molar-refractivity contribution is 5.81. The second-order valence-corrected chi connectivity index (χ2v) is 6.38. The first-order valence-electron chi connectivity index (χ1n) is 8.41. The summed E-state index contributed by atoms with van der Waals surface area (Å²) in [4.78, 5) is 19.2. The third kappa shape index (κ3) is 4.52. The first-order chi connectivity index (χ1) is 11.2. The number of hydrogen-bond donors (Lipinski definition) is 0. The molecule has 1 unspecified atom stereocenters. The molecule has 4 heteroatoms. The normalized spacial score (nSPS) is 18.9. The summed E-state index contributed by atoms with van der Waals surface area (Å²) >= 11 is 0. The number of hydrogen-bond acceptors (Lipinski definition) is 4. The fourth-order valence-corrected chi connectivity index (χ4v) is 3.29. The smallest absolute Gasteiger partial charge is 0.191 e. The van der Waals surface area contributed by atoms with E-state index < -0.39 is 0 Å². The number of rotatable bonds is 6. The maximum Gasteiger partial charge on any atom is 0.191 e. The molecular formula is C19H24N2O2. The molecule has 3 rings (SSSR count). The van der Waals surface area contributed by atoms with Crippen molar-refractivity contribution in [3.8, 4) is 0 Å². The number of aromatic nitrogens is 1. The Morgan fingerprint density at radius 2 is 2.17 bits per heavy atom. The lowest BCUT2D eigenvalue weighted by Gasteiger charge is -2.31. The van der Waals surface area contributed by atoms with Crippen LogP contribution in [0.2, 0.25) is 0 Å². The van der Waals surface area contributed by atoms with Crippen molar-refractivity contribution in [2.75, 3.05) is 13.1 Å². The molecule has 1 aromatic carbocycles. The minimum absolute atomic E-state index is 0.167. The van der Waals surface area contributed by atoms with Crippen LogP contribution in [0.15, 0.2) is 41.0 Å². The number of aryl methyl sites for hydroxylation is 2. The molecule has 0 spiro atoms.